The molecule has 3 nitrogen and oxygen atoms in total. The maximum atomic E-state index is 6.30. The Bertz CT molecular complexity index is 915. The van der Waals surface area contributed by atoms with E-state index in [1.807, 2.05) is 30.0 Å². The van der Waals surface area contributed by atoms with Gasteiger partial charge >= 0.3 is 0 Å². The number of nitrogens with zero attached hydrogens (tertiary/aromatic N) is 2. The zero-order chi connectivity index (χ0) is 18.8. The highest BCUT2D eigenvalue weighted by atomic mass is 35.5. The molecule has 1 saturated heterocycles. The summed E-state index contributed by atoms with van der Waals surface area (Å²) in [4.78, 5) is 9.78. The Labute approximate surface area is 174 Å². The van der Waals surface area contributed by atoms with Crippen LogP contribution < -0.4 is 0 Å². The molecule has 1 aliphatic heterocycles. The van der Waals surface area contributed by atoms with Gasteiger partial charge in [0.05, 0.1) is 0 Å². The number of halogens is 2. The number of nitrogens with one attached hydrogen (secondary N) is 1. The number of hydrogen-bond donors (Lipinski definition) is 1. The number of H-pyrrole nitrogens is 1. The van der Waals surface area contributed by atoms with E-state index in [1.165, 1.54) is 21.5 Å². The molecule has 1 aromatic heterocycles. The van der Waals surface area contributed by atoms with Crippen molar-refractivity contribution in [2.45, 2.75) is 17.2 Å². The smallest absolute Gasteiger partial charge is 0.0460 e. The number of thioether (sulfide) groups is 1. The fourth-order valence-corrected chi connectivity index (χ4v) is 4.68. The number of aromatic nitrogens is 1. The number of rotatable bonds is 5. The fraction of sp³-hybridized carbons (Fsp3) is 0.333. The number of likely N-dealkylation sites (N-methyl/N-ethyl adjacent to an activating group) is 1. The molecule has 1 aliphatic rings. The van der Waals surface area contributed by atoms with E-state index >= 15 is 0 Å². The van der Waals surface area contributed by atoms with E-state index < -0.39 is 0 Å². The van der Waals surface area contributed by atoms with Crippen molar-refractivity contribution in [3.63, 3.8) is 0 Å². The summed E-state index contributed by atoms with van der Waals surface area (Å²) in [6.45, 7) is 5.42. The fourth-order valence-electron chi connectivity index (χ4n) is 3.50. The van der Waals surface area contributed by atoms with E-state index in [0.717, 1.165) is 54.0 Å². The Morgan fingerprint density at radius 2 is 1.67 bits per heavy atom. The normalized spacial score (nSPS) is 16.3. The summed E-state index contributed by atoms with van der Waals surface area (Å²) in [7, 11) is 2.19. The molecule has 0 bridgehead atoms. The molecule has 0 aliphatic carbocycles. The van der Waals surface area contributed by atoms with Gasteiger partial charge in [-0.25, -0.2) is 0 Å². The standard InChI is InChI=1S/C21H23Cl2N3S/c1-25-8-10-26(11-9-25)13-19-18-12-16(23)4-7-20(18)24-21(19)14-27-17-5-2-15(22)3-6-17/h2-7,12,24H,8-11,13-14H2,1H3. The van der Waals surface area contributed by atoms with Crippen LogP contribution in [0, 0.1) is 0 Å². The third-order valence-corrected chi connectivity index (χ3v) is 6.66. The second kappa shape index (κ2) is 8.46. The largest absolute Gasteiger partial charge is 0.357 e. The summed E-state index contributed by atoms with van der Waals surface area (Å²) in [5.74, 6) is 0.900. The van der Waals surface area contributed by atoms with E-state index in [1.54, 1.807) is 0 Å². The topological polar surface area (TPSA) is 22.3 Å². The summed E-state index contributed by atoms with van der Waals surface area (Å²) in [6.07, 6.45) is 0. The number of fused-ring (bicyclic) bond motifs is 1. The second-order valence-corrected chi connectivity index (χ2v) is 9.02. The van der Waals surface area contributed by atoms with Gasteiger partial charge in [0, 0.05) is 70.0 Å². The molecule has 0 amide bonds. The molecule has 0 unspecified atom stereocenters. The van der Waals surface area contributed by atoms with Gasteiger partial charge in [-0.15, -0.1) is 11.8 Å². The molecule has 0 atom stereocenters. The van der Waals surface area contributed by atoms with Crippen LogP contribution in [0.1, 0.15) is 11.3 Å². The highest BCUT2D eigenvalue weighted by molar-refractivity contribution is 7.98. The molecule has 1 N–H and O–H groups in total. The van der Waals surface area contributed by atoms with E-state index in [0.29, 0.717) is 0 Å². The van der Waals surface area contributed by atoms with Gasteiger partial charge in [-0.3, -0.25) is 4.90 Å². The number of piperazine rings is 1. The van der Waals surface area contributed by atoms with Gasteiger partial charge in [0.1, 0.15) is 0 Å². The first-order valence-corrected chi connectivity index (χ1v) is 10.9. The first-order valence-electron chi connectivity index (χ1n) is 9.17. The van der Waals surface area contributed by atoms with Crippen LogP contribution in [0.25, 0.3) is 10.9 Å². The van der Waals surface area contributed by atoms with Gasteiger partial charge in [-0.1, -0.05) is 23.2 Å². The molecule has 0 radical (unpaired) electrons. The zero-order valence-corrected chi connectivity index (χ0v) is 17.7. The van der Waals surface area contributed by atoms with Crippen LogP contribution in [0.3, 0.4) is 0 Å². The molecule has 4 rings (SSSR count). The molecule has 3 aromatic rings. The maximum Gasteiger partial charge on any atom is 0.0460 e. The SMILES string of the molecule is CN1CCN(Cc2c(CSc3ccc(Cl)cc3)[nH]c3ccc(Cl)cc23)CC1. The van der Waals surface area contributed by atoms with Gasteiger partial charge in [0.25, 0.3) is 0 Å². The lowest BCUT2D eigenvalue weighted by Gasteiger charge is -2.32. The number of aromatic amines is 1. The lowest BCUT2D eigenvalue weighted by molar-refractivity contribution is 0.148. The van der Waals surface area contributed by atoms with Crippen molar-refractivity contribution in [2.24, 2.45) is 0 Å². The van der Waals surface area contributed by atoms with Crippen molar-refractivity contribution in [2.75, 3.05) is 33.2 Å². The molecule has 0 saturated carbocycles. The summed E-state index contributed by atoms with van der Waals surface area (Å²) >= 11 is 14.1. The van der Waals surface area contributed by atoms with E-state index in [-0.39, 0.29) is 0 Å². The Balaban J connectivity index is 1.59. The minimum atomic E-state index is 0.773. The molecule has 27 heavy (non-hydrogen) atoms. The average molecular weight is 420 g/mol. The van der Waals surface area contributed by atoms with Crippen LogP contribution in [0.2, 0.25) is 10.0 Å². The molecule has 2 aromatic carbocycles. The van der Waals surface area contributed by atoms with Crippen LogP contribution in [-0.2, 0) is 12.3 Å². The quantitative estimate of drug-likeness (QED) is 0.550. The first kappa shape index (κ1) is 19.2. The van der Waals surface area contributed by atoms with Gasteiger partial charge in [-0.05, 0) is 55.1 Å². The minimum absolute atomic E-state index is 0.773. The summed E-state index contributed by atoms with van der Waals surface area (Å²) in [5.41, 5.74) is 3.82. The number of benzene rings is 2. The molecule has 1 fully saturated rings. The molecule has 2 heterocycles. The zero-order valence-electron chi connectivity index (χ0n) is 15.3. The molecule has 142 valence electrons. The summed E-state index contributed by atoms with van der Waals surface area (Å²) in [6, 6.07) is 14.2. The lowest BCUT2D eigenvalue weighted by Crippen LogP contribution is -2.43. The maximum absolute atomic E-state index is 6.30. The van der Waals surface area contributed by atoms with Crippen LogP contribution >= 0.6 is 35.0 Å². The van der Waals surface area contributed by atoms with Crippen molar-refractivity contribution in [1.82, 2.24) is 14.8 Å². The second-order valence-electron chi connectivity index (χ2n) is 7.09. The molecule has 0 spiro atoms. The van der Waals surface area contributed by atoms with Crippen molar-refractivity contribution in [3.05, 3.63) is 63.8 Å². The highest BCUT2D eigenvalue weighted by Crippen LogP contribution is 2.31. The predicted octanol–water partition coefficient (Wildman–Crippen LogP) is 5.51. The van der Waals surface area contributed by atoms with Gasteiger partial charge < -0.3 is 9.88 Å². The number of hydrogen-bond acceptors (Lipinski definition) is 3. The van der Waals surface area contributed by atoms with Gasteiger partial charge in [0.2, 0.25) is 0 Å². The summed E-state index contributed by atoms with van der Waals surface area (Å²) in [5, 5.41) is 2.81. The molecule has 6 heteroatoms. The van der Waals surface area contributed by atoms with Crippen LogP contribution in [-0.4, -0.2) is 48.0 Å². The van der Waals surface area contributed by atoms with Crippen molar-refractivity contribution >= 4 is 45.9 Å². The van der Waals surface area contributed by atoms with Gasteiger partial charge in [0.15, 0.2) is 0 Å². The van der Waals surface area contributed by atoms with Gasteiger partial charge in [-0.2, -0.15) is 0 Å². The van der Waals surface area contributed by atoms with E-state index in [4.69, 9.17) is 23.2 Å². The van der Waals surface area contributed by atoms with Crippen LogP contribution in [0.15, 0.2) is 47.4 Å². The van der Waals surface area contributed by atoms with Crippen LogP contribution in [0.5, 0.6) is 0 Å². The Hall–Kier alpha value is -1.17. The van der Waals surface area contributed by atoms with E-state index in [9.17, 15) is 0 Å². The Morgan fingerprint density at radius 1 is 0.963 bits per heavy atom. The Kier molecular flexibility index (Phi) is 6.00. The first-order chi connectivity index (χ1) is 13.1. The summed E-state index contributed by atoms with van der Waals surface area (Å²) < 4.78 is 0. The molecular weight excluding hydrogens is 397 g/mol. The van der Waals surface area contributed by atoms with E-state index in [2.05, 4.69) is 46.1 Å². The monoisotopic (exact) mass is 419 g/mol. The van der Waals surface area contributed by atoms with Crippen LogP contribution in [0.4, 0.5) is 0 Å². The minimum Gasteiger partial charge on any atom is -0.357 e. The highest BCUT2D eigenvalue weighted by Gasteiger charge is 2.19. The third kappa shape index (κ3) is 4.64. The molecular formula is C21H23Cl2N3S. The lowest BCUT2D eigenvalue weighted by atomic mass is 10.1. The third-order valence-electron chi connectivity index (χ3n) is 5.13. The Morgan fingerprint density at radius 3 is 2.41 bits per heavy atom. The van der Waals surface area contributed by atoms with Crippen molar-refractivity contribution in [3.8, 4) is 0 Å². The van der Waals surface area contributed by atoms with Crippen molar-refractivity contribution in [1.29, 1.82) is 0 Å². The van der Waals surface area contributed by atoms with Crippen molar-refractivity contribution < 1.29 is 0 Å². The average Bonchev–Trinajstić information content (AvgIpc) is 3.00. The predicted molar refractivity (Wildman–Crippen MR) is 117 cm³/mol.